The van der Waals surface area contributed by atoms with Crippen LogP contribution in [0.1, 0.15) is 37.1 Å². The third kappa shape index (κ3) is 2.65. The molecule has 0 spiro atoms. The Kier molecular flexibility index (Phi) is 3.34. The first-order valence-corrected chi connectivity index (χ1v) is 8.81. The topological polar surface area (TPSA) is 74.0 Å². The van der Waals surface area contributed by atoms with Gasteiger partial charge in [0.05, 0.1) is 24.0 Å². The third-order valence-electron chi connectivity index (χ3n) is 4.77. The molecule has 26 heavy (non-hydrogen) atoms. The van der Waals surface area contributed by atoms with Gasteiger partial charge in [-0.15, -0.1) is 0 Å². The van der Waals surface area contributed by atoms with Crippen LogP contribution in [0.3, 0.4) is 0 Å². The Bertz CT molecular complexity index is 999. The molecule has 2 aromatic heterocycles. The Balaban J connectivity index is 1.46. The fourth-order valence-electron chi connectivity index (χ4n) is 3.37. The molecule has 1 saturated carbocycles. The van der Waals surface area contributed by atoms with Crippen LogP contribution in [0.4, 0.5) is 5.69 Å². The molecule has 1 aliphatic carbocycles. The minimum atomic E-state index is -0.0941. The lowest BCUT2D eigenvalue weighted by Gasteiger charge is -2.09. The largest absolute Gasteiger partial charge is 0.487 e. The lowest BCUT2D eigenvalue weighted by Crippen LogP contribution is -2.06. The van der Waals surface area contributed by atoms with Crippen molar-refractivity contribution in [1.82, 2.24) is 19.6 Å². The second-order valence-electron chi connectivity index (χ2n) is 6.86. The van der Waals surface area contributed by atoms with Gasteiger partial charge in [0.1, 0.15) is 18.1 Å². The van der Waals surface area contributed by atoms with E-state index in [4.69, 9.17) is 9.84 Å². The summed E-state index contributed by atoms with van der Waals surface area (Å²) in [6, 6.07) is 10.4. The summed E-state index contributed by atoms with van der Waals surface area (Å²) in [6.07, 6.45) is 4.22. The van der Waals surface area contributed by atoms with Crippen LogP contribution in [0.5, 0.6) is 5.75 Å². The maximum Gasteiger partial charge on any atom is 0.221 e. The molecule has 0 radical (unpaired) electrons. The van der Waals surface area contributed by atoms with Crippen molar-refractivity contribution in [2.45, 2.75) is 39.0 Å². The lowest BCUT2D eigenvalue weighted by atomic mass is 10.2. The Morgan fingerprint density at radius 2 is 2.15 bits per heavy atom. The second-order valence-corrected chi connectivity index (χ2v) is 6.86. The van der Waals surface area contributed by atoms with Gasteiger partial charge >= 0.3 is 0 Å². The molecule has 7 nitrogen and oxygen atoms in total. The van der Waals surface area contributed by atoms with Gasteiger partial charge in [0.25, 0.3) is 0 Å². The number of nitrogens with one attached hydrogen (secondary N) is 1. The first-order chi connectivity index (χ1) is 12.7. The predicted octanol–water partition coefficient (Wildman–Crippen LogP) is 2.98. The number of anilines is 1. The van der Waals surface area contributed by atoms with Crippen molar-refractivity contribution in [3.05, 3.63) is 47.8 Å². The van der Waals surface area contributed by atoms with Crippen LogP contribution in [0, 0.1) is 0 Å². The Morgan fingerprint density at radius 1 is 1.27 bits per heavy atom. The highest BCUT2D eigenvalue weighted by atomic mass is 16.5. The van der Waals surface area contributed by atoms with E-state index in [1.54, 1.807) is 0 Å². The zero-order chi connectivity index (χ0) is 17.7. The smallest absolute Gasteiger partial charge is 0.221 e. The summed E-state index contributed by atoms with van der Waals surface area (Å²) in [5.74, 6) is 0.690. The summed E-state index contributed by atoms with van der Waals surface area (Å²) in [5, 5.41) is 12.0. The van der Waals surface area contributed by atoms with E-state index in [0.717, 1.165) is 34.1 Å². The number of hydrogen-bond donors (Lipinski definition) is 1. The molecule has 0 bridgehead atoms. The number of aromatic nitrogens is 4. The van der Waals surface area contributed by atoms with Crippen molar-refractivity contribution in [2.24, 2.45) is 0 Å². The highest BCUT2D eigenvalue weighted by Crippen LogP contribution is 2.38. The van der Waals surface area contributed by atoms with Crippen LogP contribution in [0.2, 0.25) is 0 Å². The average Bonchev–Trinajstić information content (AvgIpc) is 3.25. The van der Waals surface area contributed by atoms with Gasteiger partial charge in [-0.25, -0.2) is 0 Å². The zero-order valence-corrected chi connectivity index (χ0v) is 14.5. The summed E-state index contributed by atoms with van der Waals surface area (Å²) in [5.41, 5.74) is 4.81. The van der Waals surface area contributed by atoms with Gasteiger partial charge in [0, 0.05) is 30.4 Å². The van der Waals surface area contributed by atoms with E-state index in [0.29, 0.717) is 19.2 Å². The summed E-state index contributed by atoms with van der Waals surface area (Å²) < 4.78 is 10.1. The van der Waals surface area contributed by atoms with Gasteiger partial charge in [-0.3, -0.25) is 14.2 Å². The predicted molar refractivity (Wildman–Crippen MR) is 95.9 cm³/mol. The van der Waals surface area contributed by atoms with Gasteiger partial charge in [-0.2, -0.15) is 10.2 Å². The molecule has 3 aromatic rings. The first-order valence-electron chi connectivity index (χ1n) is 8.81. The van der Waals surface area contributed by atoms with Crippen LogP contribution < -0.4 is 10.1 Å². The van der Waals surface area contributed by atoms with E-state index in [-0.39, 0.29) is 5.91 Å². The highest BCUT2D eigenvalue weighted by Gasteiger charge is 2.28. The number of benzene rings is 1. The highest BCUT2D eigenvalue weighted by molar-refractivity contribution is 5.88. The standard InChI is InChI=1S/C19H19N5O2/c1-12(25)21-14-3-2-13-10-23-16(11-26-19(13)8-14)9-17(22-23)18-6-7-20-24(18)15-4-5-15/h2-3,6-9,15H,4-5,10-11H2,1H3,(H,21,25). The molecule has 2 aliphatic rings. The van der Waals surface area contributed by atoms with Gasteiger partial charge in [0.15, 0.2) is 0 Å². The molecule has 7 heteroatoms. The second kappa shape index (κ2) is 5.72. The number of ether oxygens (including phenoxy) is 1. The molecule has 1 fully saturated rings. The molecule has 1 aliphatic heterocycles. The van der Waals surface area contributed by atoms with Gasteiger partial charge in [-0.05, 0) is 31.0 Å². The molecule has 132 valence electrons. The van der Waals surface area contributed by atoms with Gasteiger partial charge in [0.2, 0.25) is 5.91 Å². The SMILES string of the molecule is CC(=O)Nc1ccc2c(c1)OCc1cc(-c3ccnn3C3CC3)nn1C2. The molecule has 0 saturated heterocycles. The Labute approximate surface area is 150 Å². The normalized spacial score (nSPS) is 15.6. The van der Waals surface area contributed by atoms with Crippen LogP contribution in [0.25, 0.3) is 11.4 Å². The van der Waals surface area contributed by atoms with E-state index in [1.807, 2.05) is 35.1 Å². The van der Waals surface area contributed by atoms with Crippen LogP contribution in [0.15, 0.2) is 36.5 Å². The molecule has 0 atom stereocenters. The number of rotatable bonds is 3. The molecule has 5 rings (SSSR count). The van der Waals surface area contributed by atoms with Crippen molar-refractivity contribution in [3.8, 4) is 17.1 Å². The van der Waals surface area contributed by atoms with Crippen LogP contribution in [-0.4, -0.2) is 25.5 Å². The van der Waals surface area contributed by atoms with Crippen molar-refractivity contribution in [1.29, 1.82) is 0 Å². The summed E-state index contributed by atoms with van der Waals surface area (Å²) in [6.45, 7) is 2.58. The quantitative estimate of drug-likeness (QED) is 0.789. The maximum absolute atomic E-state index is 11.2. The van der Waals surface area contributed by atoms with E-state index < -0.39 is 0 Å². The maximum atomic E-state index is 11.2. The van der Waals surface area contributed by atoms with Gasteiger partial charge < -0.3 is 10.1 Å². The van der Waals surface area contributed by atoms with Gasteiger partial charge in [-0.1, -0.05) is 6.07 Å². The molecular formula is C19H19N5O2. The van der Waals surface area contributed by atoms with Crippen molar-refractivity contribution in [3.63, 3.8) is 0 Å². The van der Waals surface area contributed by atoms with E-state index >= 15 is 0 Å². The number of carbonyl (C=O) groups is 1. The summed E-state index contributed by atoms with van der Waals surface area (Å²) in [7, 11) is 0. The Morgan fingerprint density at radius 3 is 2.96 bits per heavy atom. The molecule has 1 amide bonds. The van der Waals surface area contributed by atoms with E-state index in [2.05, 4.69) is 21.2 Å². The first kappa shape index (κ1) is 15.2. The van der Waals surface area contributed by atoms with Crippen molar-refractivity contribution in [2.75, 3.05) is 5.32 Å². The van der Waals surface area contributed by atoms with Crippen molar-refractivity contribution < 1.29 is 9.53 Å². The minimum Gasteiger partial charge on any atom is -0.487 e. The zero-order valence-electron chi connectivity index (χ0n) is 14.5. The average molecular weight is 349 g/mol. The fourth-order valence-corrected chi connectivity index (χ4v) is 3.37. The molecule has 3 heterocycles. The van der Waals surface area contributed by atoms with Crippen LogP contribution in [-0.2, 0) is 17.9 Å². The number of hydrogen-bond acceptors (Lipinski definition) is 4. The number of nitrogens with zero attached hydrogens (tertiary/aromatic N) is 4. The molecule has 1 N–H and O–H groups in total. The third-order valence-corrected chi connectivity index (χ3v) is 4.77. The van der Waals surface area contributed by atoms with E-state index in [9.17, 15) is 4.79 Å². The summed E-state index contributed by atoms with van der Waals surface area (Å²) >= 11 is 0. The number of amides is 1. The van der Waals surface area contributed by atoms with Crippen LogP contribution >= 0.6 is 0 Å². The molecular weight excluding hydrogens is 330 g/mol. The number of carbonyl (C=O) groups excluding carboxylic acids is 1. The molecule has 0 unspecified atom stereocenters. The monoisotopic (exact) mass is 349 g/mol. The lowest BCUT2D eigenvalue weighted by molar-refractivity contribution is -0.114. The summed E-state index contributed by atoms with van der Waals surface area (Å²) in [4.78, 5) is 11.2. The van der Waals surface area contributed by atoms with Crippen molar-refractivity contribution >= 4 is 11.6 Å². The Hall–Kier alpha value is -3.09. The van der Waals surface area contributed by atoms with E-state index in [1.165, 1.54) is 19.8 Å². The fraction of sp³-hybridized carbons (Fsp3) is 0.316. The number of fused-ring (bicyclic) bond motifs is 2. The minimum absolute atomic E-state index is 0.0941. The molecule has 1 aromatic carbocycles.